The molecule has 3 rings (SSSR count). The van der Waals surface area contributed by atoms with Gasteiger partial charge in [0, 0.05) is 19.5 Å². The summed E-state index contributed by atoms with van der Waals surface area (Å²) in [5.74, 6) is 0.501. The number of amides is 3. The number of hydrogen-bond donors (Lipinski definition) is 1. The molecule has 0 bridgehead atoms. The molecule has 134 valence electrons. The Kier molecular flexibility index (Phi) is 5.90. The minimum atomic E-state index is -0.110. The van der Waals surface area contributed by atoms with Crippen LogP contribution in [0.5, 0.6) is 0 Å². The van der Waals surface area contributed by atoms with Gasteiger partial charge in [-0.1, -0.05) is 38.5 Å². The molecule has 3 fully saturated rings. The zero-order valence-corrected chi connectivity index (χ0v) is 14.6. The van der Waals surface area contributed by atoms with Crippen LogP contribution in [0.1, 0.15) is 70.6 Å². The molecule has 1 aliphatic heterocycles. The molecule has 5 nitrogen and oxygen atoms in total. The van der Waals surface area contributed by atoms with Crippen LogP contribution in [0.2, 0.25) is 0 Å². The van der Waals surface area contributed by atoms with E-state index in [1.54, 1.807) is 0 Å². The number of nitrogens with one attached hydrogen (secondary N) is 1. The molecule has 5 heteroatoms. The predicted molar refractivity (Wildman–Crippen MR) is 91.0 cm³/mol. The number of likely N-dealkylation sites (tertiary alicyclic amines) is 1. The smallest absolute Gasteiger partial charge is 0.233 e. The van der Waals surface area contributed by atoms with Crippen molar-refractivity contribution < 1.29 is 14.4 Å². The maximum absolute atomic E-state index is 12.3. The van der Waals surface area contributed by atoms with E-state index in [9.17, 15) is 14.4 Å². The molecule has 24 heavy (non-hydrogen) atoms. The number of carbonyl (C=O) groups is 3. The molecule has 3 amide bonds. The lowest BCUT2D eigenvalue weighted by atomic mass is 9.81. The van der Waals surface area contributed by atoms with Crippen molar-refractivity contribution in [3.8, 4) is 0 Å². The summed E-state index contributed by atoms with van der Waals surface area (Å²) in [4.78, 5) is 38.0. The molecular formula is C19H30N2O3. The van der Waals surface area contributed by atoms with E-state index in [4.69, 9.17) is 0 Å². The topological polar surface area (TPSA) is 66.5 Å². The second-order valence-corrected chi connectivity index (χ2v) is 7.72. The van der Waals surface area contributed by atoms with Crippen LogP contribution in [-0.2, 0) is 14.4 Å². The van der Waals surface area contributed by atoms with Crippen molar-refractivity contribution >= 4 is 17.7 Å². The van der Waals surface area contributed by atoms with Crippen LogP contribution < -0.4 is 5.32 Å². The van der Waals surface area contributed by atoms with E-state index in [0.717, 1.165) is 38.0 Å². The molecule has 2 aliphatic carbocycles. The first kappa shape index (κ1) is 17.4. The Balaban J connectivity index is 1.35. The third-order valence-electron chi connectivity index (χ3n) is 6.08. The molecule has 0 aromatic rings. The molecule has 0 aromatic carbocycles. The van der Waals surface area contributed by atoms with Gasteiger partial charge in [-0.3, -0.25) is 19.3 Å². The zero-order valence-electron chi connectivity index (χ0n) is 14.6. The lowest BCUT2D eigenvalue weighted by Gasteiger charge is -2.19. The number of fused-ring (bicyclic) bond motifs is 1. The highest BCUT2D eigenvalue weighted by Gasteiger charge is 2.47. The second kappa shape index (κ2) is 8.13. The molecule has 0 radical (unpaired) electrons. The van der Waals surface area contributed by atoms with Crippen LogP contribution in [0.15, 0.2) is 0 Å². The molecular weight excluding hydrogens is 304 g/mol. The van der Waals surface area contributed by atoms with E-state index in [1.807, 2.05) is 0 Å². The van der Waals surface area contributed by atoms with Gasteiger partial charge in [0.15, 0.2) is 0 Å². The third kappa shape index (κ3) is 3.98. The summed E-state index contributed by atoms with van der Waals surface area (Å²) < 4.78 is 0. The molecule has 1 N–H and O–H groups in total. The van der Waals surface area contributed by atoms with Gasteiger partial charge >= 0.3 is 0 Å². The van der Waals surface area contributed by atoms with Crippen molar-refractivity contribution in [2.75, 3.05) is 13.1 Å². The van der Waals surface area contributed by atoms with Crippen molar-refractivity contribution in [1.82, 2.24) is 10.2 Å². The average molecular weight is 334 g/mol. The van der Waals surface area contributed by atoms with Crippen LogP contribution in [0.3, 0.4) is 0 Å². The molecule has 1 heterocycles. The van der Waals surface area contributed by atoms with E-state index in [2.05, 4.69) is 5.32 Å². The van der Waals surface area contributed by atoms with E-state index >= 15 is 0 Å². The minimum absolute atomic E-state index is 0.0428. The summed E-state index contributed by atoms with van der Waals surface area (Å²) in [6.45, 7) is 0.960. The van der Waals surface area contributed by atoms with Crippen molar-refractivity contribution in [2.24, 2.45) is 17.8 Å². The van der Waals surface area contributed by atoms with Gasteiger partial charge in [-0.2, -0.15) is 0 Å². The summed E-state index contributed by atoms with van der Waals surface area (Å²) in [6.07, 6.45) is 11.6. The summed E-state index contributed by atoms with van der Waals surface area (Å²) in [6, 6.07) is 0. The predicted octanol–water partition coefficient (Wildman–Crippen LogP) is 2.64. The SMILES string of the molecule is O=C(CCN1C(=O)C2CCCCC2C1=O)NCCCC1CCCC1. The van der Waals surface area contributed by atoms with Crippen LogP contribution in [0.25, 0.3) is 0 Å². The van der Waals surface area contributed by atoms with Gasteiger partial charge in [0.2, 0.25) is 17.7 Å². The van der Waals surface area contributed by atoms with Crippen LogP contribution >= 0.6 is 0 Å². The first-order valence-electron chi connectivity index (χ1n) is 9.78. The molecule has 0 aromatic heterocycles. The summed E-state index contributed by atoms with van der Waals surface area (Å²) in [5.41, 5.74) is 0. The lowest BCUT2D eigenvalue weighted by Crippen LogP contribution is -2.35. The van der Waals surface area contributed by atoms with Gasteiger partial charge in [0.25, 0.3) is 0 Å². The highest BCUT2D eigenvalue weighted by Crippen LogP contribution is 2.37. The van der Waals surface area contributed by atoms with Gasteiger partial charge in [0.05, 0.1) is 11.8 Å². The van der Waals surface area contributed by atoms with Crippen LogP contribution in [0, 0.1) is 17.8 Å². The van der Waals surface area contributed by atoms with Crippen molar-refractivity contribution in [3.63, 3.8) is 0 Å². The Bertz CT molecular complexity index is 461. The molecule has 2 saturated carbocycles. The molecule has 3 aliphatic rings. The number of hydrogen-bond acceptors (Lipinski definition) is 3. The van der Waals surface area contributed by atoms with Crippen molar-refractivity contribution in [2.45, 2.75) is 70.6 Å². The van der Waals surface area contributed by atoms with Crippen molar-refractivity contribution in [3.05, 3.63) is 0 Å². The maximum Gasteiger partial charge on any atom is 0.233 e. The third-order valence-corrected chi connectivity index (χ3v) is 6.08. The fraction of sp³-hybridized carbons (Fsp3) is 0.842. The quantitative estimate of drug-likeness (QED) is 0.575. The first-order valence-corrected chi connectivity index (χ1v) is 9.78. The van der Waals surface area contributed by atoms with Crippen LogP contribution in [-0.4, -0.2) is 35.7 Å². The molecule has 0 spiro atoms. The summed E-state index contributed by atoms with van der Waals surface area (Å²) in [7, 11) is 0. The largest absolute Gasteiger partial charge is 0.356 e. The van der Waals surface area contributed by atoms with Gasteiger partial charge in [-0.25, -0.2) is 0 Å². The minimum Gasteiger partial charge on any atom is -0.356 e. The van der Waals surface area contributed by atoms with Gasteiger partial charge in [-0.05, 0) is 31.6 Å². The van der Waals surface area contributed by atoms with Crippen molar-refractivity contribution in [1.29, 1.82) is 0 Å². The van der Waals surface area contributed by atoms with E-state index in [-0.39, 0.29) is 42.5 Å². The lowest BCUT2D eigenvalue weighted by molar-refractivity contribution is -0.140. The average Bonchev–Trinajstić information content (AvgIpc) is 3.19. The Morgan fingerprint density at radius 1 is 0.958 bits per heavy atom. The number of nitrogens with zero attached hydrogens (tertiary/aromatic N) is 1. The van der Waals surface area contributed by atoms with Gasteiger partial charge < -0.3 is 5.32 Å². The number of carbonyl (C=O) groups excluding carboxylic acids is 3. The summed E-state index contributed by atoms with van der Waals surface area (Å²) >= 11 is 0. The van der Waals surface area contributed by atoms with Gasteiger partial charge in [0.1, 0.15) is 0 Å². The molecule has 2 atom stereocenters. The number of rotatable bonds is 7. The van der Waals surface area contributed by atoms with Gasteiger partial charge in [-0.15, -0.1) is 0 Å². The Hall–Kier alpha value is -1.39. The van der Waals surface area contributed by atoms with E-state index < -0.39 is 0 Å². The van der Waals surface area contributed by atoms with E-state index in [1.165, 1.54) is 37.0 Å². The van der Waals surface area contributed by atoms with E-state index in [0.29, 0.717) is 6.54 Å². The zero-order chi connectivity index (χ0) is 16.9. The second-order valence-electron chi connectivity index (χ2n) is 7.72. The Morgan fingerprint density at radius 2 is 1.54 bits per heavy atom. The standard InChI is InChI=1S/C19H30N2O3/c22-17(20-12-5-8-14-6-1-2-7-14)11-13-21-18(23)15-9-3-4-10-16(15)19(21)24/h14-16H,1-13H2,(H,20,22). The summed E-state index contributed by atoms with van der Waals surface area (Å²) in [5, 5.41) is 2.93. The highest BCUT2D eigenvalue weighted by atomic mass is 16.2. The number of imide groups is 1. The molecule has 1 saturated heterocycles. The molecule has 2 unspecified atom stereocenters. The first-order chi connectivity index (χ1) is 11.7. The monoisotopic (exact) mass is 334 g/mol. The fourth-order valence-electron chi connectivity index (χ4n) is 4.67. The van der Waals surface area contributed by atoms with Crippen LogP contribution in [0.4, 0.5) is 0 Å². The normalized spacial score (nSPS) is 27.6. The Morgan fingerprint density at radius 3 is 2.17 bits per heavy atom. The maximum atomic E-state index is 12.3. The highest BCUT2D eigenvalue weighted by molar-refractivity contribution is 6.05. The fourth-order valence-corrected chi connectivity index (χ4v) is 4.67. The Labute approximate surface area is 144 Å².